The van der Waals surface area contributed by atoms with Crippen LogP contribution in [0.3, 0.4) is 0 Å². The maximum Gasteiger partial charge on any atom is 0.239 e. The summed E-state index contributed by atoms with van der Waals surface area (Å²) in [5.74, 6) is 2.11. The molecule has 1 aromatic heterocycles. The van der Waals surface area contributed by atoms with Crippen LogP contribution >= 0.6 is 0 Å². The first-order valence-corrected chi connectivity index (χ1v) is 6.16. The molecule has 4 heteroatoms. The standard InChI is InChI=1S/C13H21N3O/c1-4-17-12-10(14)5-6-11(16-12)15-8-9-7-13(9,2)3/h5-6,9H,4,7-8,14H2,1-3H3,(H,15,16). The molecule has 1 fully saturated rings. The van der Waals surface area contributed by atoms with Crippen LogP contribution in [0.2, 0.25) is 0 Å². The van der Waals surface area contributed by atoms with Crippen LogP contribution in [-0.4, -0.2) is 18.1 Å². The molecule has 1 heterocycles. The summed E-state index contributed by atoms with van der Waals surface area (Å²) in [5.41, 5.74) is 6.85. The van der Waals surface area contributed by atoms with E-state index in [4.69, 9.17) is 10.5 Å². The summed E-state index contributed by atoms with van der Waals surface area (Å²) in [5, 5.41) is 3.34. The molecule has 2 rings (SSSR count). The smallest absolute Gasteiger partial charge is 0.239 e. The van der Waals surface area contributed by atoms with Gasteiger partial charge in [-0.3, -0.25) is 0 Å². The number of nitrogens with zero attached hydrogens (tertiary/aromatic N) is 1. The van der Waals surface area contributed by atoms with Crippen molar-refractivity contribution < 1.29 is 4.74 Å². The predicted molar refractivity (Wildman–Crippen MR) is 70.2 cm³/mol. The van der Waals surface area contributed by atoms with Crippen LogP contribution in [0, 0.1) is 11.3 Å². The molecule has 0 bridgehead atoms. The topological polar surface area (TPSA) is 60.2 Å². The number of pyridine rings is 1. The van der Waals surface area contributed by atoms with Crippen molar-refractivity contribution in [3.63, 3.8) is 0 Å². The third-order valence-electron chi connectivity index (χ3n) is 3.42. The molecular formula is C13H21N3O. The highest BCUT2D eigenvalue weighted by molar-refractivity contribution is 5.53. The molecule has 1 saturated carbocycles. The molecule has 1 unspecified atom stereocenters. The number of rotatable bonds is 5. The Balaban J connectivity index is 1.94. The highest BCUT2D eigenvalue weighted by Gasteiger charge is 2.44. The lowest BCUT2D eigenvalue weighted by Crippen LogP contribution is -2.09. The largest absolute Gasteiger partial charge is 0.476 e. The van der Waals surface area contributed by atoms with Gasteiger partial charge in [-0.2, -0.15) is 4.98 Å². The van der Waals surface area contributed by atoms with E-state index >= 15 is 0 Å². The Hall–Kier alpha value is -1.45. The summed E-state index contributed by atoms with van der Waals surface area (Å²) in [4.78, 5) is 4.35. The van der Waals surface area contributed by atoms with Gasteiger partial charge in [-0.15, -0.1) is 0 Å². The van der Waals surface area contributed by atoms with Gasteiger partial charge >= 0.3 is 0 Å². The quantitative estimate of drug-likeness (QED) is 0.823. The van der Waals surface area contributed by atoms with Crippen LogP contribution in [0.25, 0.3) is 0 Å². The number of hydrogen-bond acceptors (Lipinski definition) is 4. The van der Waals surface area contributed by atoms with Gasteiger partial charge in [0, 0.05) is 6.54 Å². The van der Waals surface area contributed by atoms with Crippen LogP contribution in [0.1, 0.15) is 27.2 Å². The van der Waals surface area contributed by atoms with Gasteiger partial charge in [0.1, 0.15) is 5.82 Å². The van der Waals surface area contributed by atoms with E-state index in [1.165, 1.54) is 6.42 Å². The molecule has 0 radical (unpaired) electrons. The second-order valence-corrected chi connectivity index (χ2v) is 5.29. The molecule has 0 aliphatic heterocycles. The van der Waals surface area contributed by atoms with E-state index in [1.54, 1.807) is 0 Å². The molecule has 94 valence electrons. The normalized spacial score (nSPS) is 21.0. The van der Waals surface area contributed by atoms with Crippen molar-refractivity contribution in [1.29, 1.82) is 0 Å². The predicted octanol–water partition coefficient (Wildman–Crippen LogP) is 2.52. The number of nitrogen functional groups attached to an aromatic ring is 1. The van der Waals surface area contributed by atoms with E-state index in [1.807, 2.05) is 19.1 Å². The summed E-state index contributed by atoms with van der Waals surface area (Å²) in [6, 6.07) is 3.73. The van der Waals surface area contributed by atoms with Crippen molar-refractivity contribution in [2.75, 3.05) is 24.2 Å². The highest BCUT2D eigenvalue weighted by Crippen LogP contribution is 2.51. The summed E-state index contributed by atoms with van der Waals surface area (Å²) >= 11 is 0. The van der Waals surface area contributed by atoms with Crippen molar-refractivity contribution in [3.05, 3.63) is 12.1 Å². The van der Waals surface area contributed by atoms with Gasteiger partial charge in [0.25, 0.3) is 0 Å². The SMILES string of the molecule is CCOc1nc(NCC2CC2(C)C)ccc1N. The fraction of sp³-hybridized carbons (Fsp3) is 0.615. The molecule has 3 N–H and O–H groups in total. The van der Waals surface area contributed by atoms with Gasteiger partial charge in [-0.25, -0.2) is 0 Å². The molecule has 1 atom stereocenters. The third kappa shape index (κ3) is 2.81. The Morgan fingerprint density at radius 2 is 2.24 bits per heavy atom. The van der Waals surface area contributed by atoms with Gasteiger partial charge in [0.05, 0.1) is 12.3 Å². The molecular weight excluding hydrogens is 214 g/mol. The second-order valence-electron chi connectivity index (χ2n) is 5.29. The lowest BCUT2D eigenvalue weighted by atomic mass is 10.1. The Kier molecular flexibility index (Phi) is 3.13. The summed E-state index contributed by atoms with van der Waals surface area (Å²) in [6.07, 6.45) is 1.29. The van der Waals surface area contributed by atoms with Gasteiger partial charge in [0.15, 0.2) is 0 Å². The molecule has 0 amide bonds. The molecule has 17 heavy (non-hydrogen) atoms. The summed E-state index contributed by atoms with van der Waals surface area (Å²) in [7, 11) is 0. The van der Waals surface area contributed by atoms with Crippen LogP contribution in [0.4, 0.5) is 11.5 Å². The van der Waals surface area contributed by atoms with Crippen LogP contribution in [-0.2, 0) is 0 Å². The minimum absolute atomic E-state index is 0.490. The number of nitrogens with two attached hydrogens (primary N) is 1. The third-order valence-corrected chi connectivity index (χ3v) is 3.42. The van der Waals surface area contributed by atoms with Crippen LogP contribution in [0.5, 0.6) is 5.88 Å². The number of nitrogens with one attached hydrogen (secondary N) is 1. The molecule has 4 nitrogen and oxygen atoms in total. The lowest BCUT2D eigenvalue weighted by molar-refractivity contribution is 0.329. The van der Waals surface area contributed by atoms with Crippen molar-refractivity contribution in [2.24, 2.45) is 11.3 Å². The van der Waals surface area contributed by atoms with Crippen molar-refractivity contribution in [3.8, 4) is 5.88 Å². The zero-order chi connectivity index (χ0) is 12.5. The first kappa shape index (κ1) is 12.0. The Bertz CT molecular complexity index is 404. The highest BCUT2D eigenvalue weighted by atomic mass is 16.5. The molecule has 0 saturated heterocycles. The Morgan fingerprint density at radius 1 is 1.53 bits per heavy atom. The Labute approximate surface area is 103 Å². The van der Waals surface area contributed by atoms with E-state index in [-0.39, 0.29) is 0 Å². The average Bonchev–Trinajstić information content (AvgIpc) is 2.88. The monoisotopic (exact) mass is 235 g/mol. The lowest BCUT2D eigenvalue weighted by Gasteiger charge is -2.10. The van der Waals surface area contributed by atoms with E-state index in [2.05, 4.69) is 24.1 Å². The first-order valence-electron chi connectivity index (χ1n) is 6.16. The fourth-order valence-corrected chi connectivity index (χ4v) is 1.95. The van der Waals surface area contributed by atoms with E-state index < -0.39 is 0 Å². The number of anilines is 2. The molecule has 1 aliphatic rings. The zero-order valence-corrected chi connectivity index (χ0v) is 10.8. The number of hydrogen-bond donors (Lipinski definition) is 2. The van der Waals surface area contributed by atoms with Crippen LogP contribution in [0.15, 0.2) is 12.1 Å². The molecule has 0 aromatic carbocycles. The van der Waals surface area contributed by atoms with Gasteiger partial charge in [-0.05, 0) is 36.8 Å². The van der Waals surface area contributed by atoms with E-state index in [0.29, 0.717) is 23.6 Å². The summed E-state index contributed by atoms with van der Waals surface area (Å²) in [6.45, 7) is 8.06. The molecule has 1 aromatic rings. The second kappa shape index (κ2) is 4.43. The minimum atomic E-state index is 0.490. The van der Waals surface area contributed by atoms with Crippen molar-refractivity contribution in [2.45, 2.75) is 27.2 Å². The maximum absolute atomic E-state index is 5.77. The van der Waals surface area contributed by atoms with Crippen LogP contribution < -0.4 is 15.8 Å². The van der Waals surface area contributed by atoms with E-state index in [0.717, 1.165) is 18.3 Å². The van der Waals surface area contributed by atoms with Gasteiger partial charge in [0.2, 0.25) is 5.88 Å². The van der Waals surface area contributed by atoms with Gasteiger partial charge < -0.3 is 15.8 Å². The molecule has 1 aliphatic carbocycles. The Morgan fingerprint density at radius 3 is 2.82 bits per heavy atom. The summed E-state index contributed by atoms with van der Waals surface area (Å²) < 4.78 is 5.36. The zero-order valence-electron chi connectivity index (χ0n) is 10.8. The van der Waals surface area contributed by atoms with Crippen molar-refractivity contribution >= 4 is 11.5 Å². The number of ether oxygens (including phenoxy) is 1. The van der Waals surface area contributed by atoms with Crippen molar-refractivity contribution in [1.82, 2.24) is 4.98 Å². The van der Waals surface area contributed by atoms with E-state index in [9.17, 15) is 0 Å². The minimum Gasteiger partial charge on any atom is -0.476 e. The molecule has 0 spiro atoms. The number of aromatic nitrogens is 1. The fourth-order valence-electron chi connectivity index (χ4n) is 1.95. The average molecular weight is 235 g/mol. The first-order chi connectivity index (χ1) is 8.03. The maximum atomic E-state index is 5.77. The van der Waals surface area contributed by atoms with Gasteiger partial charge in [-0.1, -0.05) is 13.8 Å².